The summed E-state index contributed by atoms with van der Waals surface area (Å²) in [5, 5.41) is 0. The van der Waals surface area contributed by atoms with Crippen LogP contribution < -0.4 is 5.73 Å². The highest BCUT2D eigenvalue weighted by Gasteiger charge is 2.33. The van der Waals surface area contributed by atoms with Gasteiger partial charge in [0.25, 0.3) is 0 Å². The lowest BCUT2D eigenvalue weighted by molar-refractivity contribution is -0.148. The molecule has 0 bridgehead atoms. The lowest BCUT2D eigenvalue weighted by atomic mass is 9.93. The first-order valence-corrected chi connectivity index (χ1v) is 4.22. The third kappa shape index (κ3) is 3.46. The predicted molar refractivity (Wildman–Crippen MR) is 56.3 cm³/mol. The Hall–Kier alpha value is -1.53. The molecule has 0 amide bonds. The lowest BCUT2D eigenvalue weighted by Crippen LogP contribution is -2.48. The summed E-state index contributed by atoms with van der Waals surface area (Å²) < 4.78 is 4.84. The summed E-state index contributed by atoms with van der Waals surface area (Å²) >= 11 is 0. The molecule has 0 aliphatic rings. The minimum atomic E-state index is -1.15. The van der Waals surface area contributed by atoms with E-state index in [-0.39, 0.29) is 13.0 Å². The van der Waals surface area contributed by atoms with Crippen molar-refractivity contribution in [1.29, 1.82) is 0 Å². The van der Waals surface area contributed by atoms with Gasteiger partial charge in [-0.15, -0.1) is 18.9 Å². The Kier molecular flexibility index (Phi) is 5.35. The van der Waals surface area contributed by atoms with E-state index in [4.69, 9.17) is 16.9 Å². The first-order chi connectivity index (χ1) is 6.60. The molecule has 0 radical (unpaired) electrons. The van der Waals surface area contributed by atoms with Gasteiger partial charge in [-0.25, -0.2) is 4.79 Å². The normalized spacial score (nSPS) is 13.4. The SMILES string of the molecule is C#CCC(N)(CC=C)C(=O)OCC=C. The quantitative estimate of drug-likeness (QED) is 0.389. The van der Waals surface area contributed by atoms with E-state index in [0.717, 1.165) is 0 Å². The molecule has 3 heteroatoms. The molecule has 0 aromatic carbocycles. The Labute approximate surface area is 84.6 Å². The molecule has 0 spiro atoms. The number of hydrogen-bond acceptors (Lipinski definition) is 3. The van der Waals surface area contributed by atoms with Crippen molar-refractivity contribution in [1.82, 2.24) is 0 Å². The van der Waals surface area contributed by atoms with E-state index in [2.05, 4.69) is 19.1 Å². The van der Waals surface area contributed by atoms with Gasteiger partial charge in [-0.1, -0.05) is 18.7 Å². The van der Waals surface area contributed by atoms with Gasteiger partial charge in [-0.2, -0.15) is 0 Å². The molecule has 0 aromatic rings. The number of hydrogen-bond donors (Lipinski definition) is 1. The summed E-state index contributed by atoms with van der Waals surface area (Å²) in [7, 11) is 0. The van der Waals surface area contributed by atoms with Crippen LogP contribution in [0.4, 0.5) is 0 Å². The van der Waals surface area contributed by atoms with E-state index in [1.807, 2.05) is 0 Å². The van der Waals surface area contributed by atoms with Gasteiger partial charge in [0.2, 0.25) is 0 Å². The highest BCUT2D eigenvalue weighted by Crippen LogP contribution is 2.14. The summed E-state index contributed by atoms with van der Waals surface area (Å²) in [6.07, 6.45) is 8.57. The number of nitrogens with two attached hydrogens (primary N) is 1. The van der Waals surface area contributed by atoms with Crippen molar-refractivity contribution in [3.8, 4) is 12.3 Å². The van der Waals surface area contributed by atoms with Gasteiger partial charge >= 0.3 is 5.97 Å². The average molecular weight is 193 g/mol. The van der Waals surface area contributed by atoms with E-state index in [0.29, 0.717) is 6.42 Å². The Morgan fingerprint density at radius 2 is 2.21 bits per heavy atom. The highest BCUT2D eigenvalue weighted by molar-refractivity contribution is 5.81. The smallest absolute Gasteiger partial charge is 0.327 e. The molecule has 0 aliphatic carbocycles. The Morgan fingerprint density at radius 1 is 1.57 bits per heavy atom. The van der Waals surface area contributed by atoms with Crippen molar-refractivity contribution < 1.29 is 9.53 Å². The fraction of sp³-hybridized carbons (Fsp3) is 0.364. The summed E-state index contributed by atoms with van der Waals surface area (Å²) in [4.78, 5) is 11.5. The average Bonchev–Trinajstić information content (AvgIpc) is 2.15. The topological polar surface area (TPSA) is 52.3 Å². The molecule has 2 N–H and O–H groups in total. The third-order valence-corrected chi connectivity index (χ3v) is 1.66. The summed E-state index contributed by atoms with van der Waals surface area (Å²) in [5.74, 6) is 1.83. The third-order valence-electron chi connectivity index (χ3n) is 1.66. The van der Waals surface area contributed by atoms with E-state index < -0.39 is 11.5 Å². The van der Waals surface area contributed by atoms with Crippen LogP contribution in [0.2, 0.25) is 0 Å². The number of carbonyl (C=O) groups is 1. The predicted octanol–water partition coefficient (Wildman–Crippen LogP) is 1.01. The first kappa shape index (κ1) is 12.5. The Bertz CT molecular complexity index is 265. The maximum atomic E-state index is 11.5. The minimum absolute atomic E-state index is 0.134. The molecule has 0 aliphatic heterocycles. The van der Waals surface area contributed by atoms with Crippen LogP contribution in [0.5, 0.6) is 0 Å². The summed E-state index contributed by atoms with van der Waals surface area (Å²) in [5.41, 5.74) is 4.63. The van der Waals surface area contributed by atoms with Gasteiger partial charge in [0.05, 0.1) is 0 Å². The van der Waals surface area contributed by atoms with Crippen LogP contribution in [0.15, 0.2) is 25.3 Å². The van der Waals surface area contributed by atoms with Crippen molar-refractivity contribution in [2.24, 2.45) is 5.73 Å². The van der Waals surface area contributed by atoms with Gasteiger partial charge in [0.1, 0.15) is 12.1 Å². The largest absolute Gasteiger partial charge is 0.460 e. The minimum Gasteiger partial charge on any atom is -0.460 e. The van der Waals surface area contributed by atoms with Crippen molar-refractivity contribution in [3.05, 3.63) is 25.3 Å². The summed E-state index contributed by atoms with van der Waals surface area (Å²) in [6.45, 7) is 7.08. The zero-order valence-electron chi connectivity index (χ0n) is 8.16. The molecule has 0 aromatic heterocycles. The van der Waals surface area contributed by atoms with Crippen molar-refractivity contribution in [2.45, 2.75) is 18.4 Å². The second-order valence-corrected chi connectivity index (χ2v) is 2.92. The molecule has 0 rings (SSSR count). The van der Waals surface area contributed by atoms with E-state index in [1.165, 1.54) is 6.08 Å². The van der Waals surface area contributed by atoms with E-state index >= 15 is 0 Å². The monoisotopic (exact) mass is 193 g/mol. The van der Waals surface area contributed by atoms with Crippen LogP contribution in [0.25, 0.3) is 0 Å². The van der Waals surface area contributed by atoms with Crippen LogP contribution in [-0.2, 0) is 9.53 Å². The van der Waals surface area contributed by atoms with E-state index in [9.17, 15) is 4.79 Å². The zero-order valence-corrected chi connectivity index (χ0v) is 8.16. The lowest BCUT2D eigenvalue weighted by Gasteiger charge is -2.23. The molecule has 0 saturated carbocycles. The second-order valence-electron chi connectivity index (χ2n) is 2.92. The van der Waals surface area contributed by atoms with Crippen molar-refractivity contribution in [3.63, 3.8) is 0 Å². The molecule has 0 heterocycles. The summed E-state index contributed by atoms with van der Waals surface area (Å²) in [6, 6.07) is 0. The van der Waals surface area contributed by atoms with Crippen molar-refractivity contribution in [2.75, 3.05) is 6.61 Å². The van der Waals surface area contributed by atoms with Gasteiger partial charge in [0.15, 0.2) is 0 Å². The maximum Gasteiger partial charge on any atom is 0.327 e. The number of ether oxygens (including phenoxy) is 1. The number of carbonyl (C=O) groups excluding carboxylic acids is 1. The van der Waals surface area contributed by atoms with Crippen LogP contribution in [-0.4, -0.2) is 18.1 Å². The Balaban J connectivity index is 4.47. The first-order valence-electron chi connectivity index (χ1n) is 4.22. The maximum absolute atomic E-state index is 11.5. The second kappa shape index (κ2) is 6.01. The molecule has 14 heavy (non-hydrogen) atoms. The Morgan fingerprint density at radius 3 is 2.64 bits per heavy atom. The van der Waals surface area contributed by atoms with Crippen LogP contribution >= 0.6 is 0 Å². The molecule has 1 atom stereocenters. The van der Waals surface area contributed by atoms with Gasteiger partial charge < -0.3 is 10.5 Å². The molecule has 0 saturated heterocycles. The van der Waals surface area contributed by atoms with Gasteiger partial charge in [0, 0.05) is 6.42 Å². The highest BCUT2D eigenvalue weighted by atomic mass is 16.5. The van der Waals surface area contributed by atoms with Gasteiger partial charge in [-0.05, 0) is 6.42 Å². The fourth-order valence-electron chi connectivity index (χ4n) is 0.946. The zero-order chi connectivity index (χ0) is 11.0. The molecular formula is C11H15NO2. The van der Waals surface area contributed by atoms with Crippen LogP contribution in [0, 0.1) is 12.3 Å². The molecule has 0 fully saturated rings. The number of rotatable bonds is 6. The molecular weight excluding hydrogens is 178 g/mol. The van der Waals surface area contributed by atoms with Crippen LogP contribution in [0.3, 0.4) is 0 Å². The number of esters is 1. The van der Waals surface area contributed by atoms with Crippen molar-refractivity contribution >= 4 is 5.97 Å². The van der Waals surface area contributed by atoms with Crippen LogP contribution in [0.1, 0.15) is 12.8 Å². The molecule has 3 nitrogen and oxygen atoms in total. The number of terminal acetylenes is 1. The fourth-order valence-corrected chi connectivity index (χ4v) is 0.946. The van der Waals surface area contributed by atoms with E-state index in [1.54, 1.807) is 6.08 Å². The van der Waals surface area contributed by atoms with Gasteiger partial charge in [-0.3, -0.25) is 0 Å². The molecule has 1 unspecified atom stereocenters. The standard InChI is InChI=1S/C11H15NO2/c1-4-7-11(12,8-5-2)10(13)14-9-6-3/h1,5-6H,2-3,7-9,12H2. The molecule has 76 valence electrons.